The average Bonchev–Trinajstić information content (AvgIpc) is 3.17. The third kappa shape index (κ3) is 6.55. The van der Waals surface area contributed by atoms with Crippen molar-refractivity contribution in [2.75, 3.05) is 46.0 Å². The fourth-order valence-corrected chi connectivity index (χ4v) is 4.86. The number of ketones is 1. The molecule has 0 radical (unpaired) electrons. The first-order valence-electron chi connectivity index (χ1n) is 13.5. The van der Waals surface area contributed by atoms with Crippen molar-refractivity contribution in [3.05, 3.63) is 65.2 Å². The first-order valence-corrected chi connectivity index (χ1v) is 13.5. The molecule has 0 unspecified atom stereocenters. The summed E-state index contributed by atoms with van der Waals surface area (Å²) < 4.78 is 17.0. The number of hydrogen-bond acceptors (Lipinski definition) is 7. The Labute approximate surface area is 224 Å². The Kier molecular flexibility index (Phi) is 9.42. The van der Waals surface area contributed by atoms with E-state index < -0.39 is 17.7 Å². The first kappa shape index (κ1) is 27.7. The molecule has 8 heteroatoms. The van der Waals surface area contributed by atoms with Crippen molar-refractivity contribution in [3.63, 3.8) is 0 Å². The maximum atomic E-state index is 13.4. The Morgan fingerprint density at radius 2 is 1.79 bits per heavy atom. The minimum atomic E-state index is -0.712. The first-order chi connectivity index (χ1) is 18.4. The minimum Gasteiger partial charge on any atom is -0.507 e. The van der Waals surface area contributed by atoms with E-state index in [1.54, 1.807) is 29.2 Å². The van der Waals surface area contributed by atoms with Gasteiger partial charge in [-0.2, -0.15) is 0 Å². The average molecular weight is 523 g/mol. The number of nitrogens with zero attached hydrogens (tertiary/aromatic N) is 2. The standard InChI is InChI=1S/C30H38N2O6/c1-4-17-37-25-8-5-7-23(20-25)27-26(28(33)22-9-11-24(12-10-22)38-21(2)3)29(34)30(35)32(27)14-6-13-31-15-18-36-19-16-31/h5,7-12,20-21,27,33H,4,6,13-19H2,1-3H3/b28-26+/t27-/m1/s1. The van der Waals surface area contributed by atoms with Crippen molar-refractivity contribution in [2.24, 2.45) is 0 Å². The fraction of sp³-hybridized carbons (Fsp3) is 0.467. The molecule has 4 rings (SSSR count). The van der Waals surface area contributed by atoms with Gasteiger partial charge in [-0.05, 0) is 68.7 Å². The molecule has 2 saturated heterocycles. The quantitative estimate of drug-likeness (QED) is 0.266. The molecular formula is C30H38N2O6. The molecule has 1 N–H and O–H groups in total. The number of rotatable bonds is 11. The summed E-state index contributed by atoms with van der Waals surface area (Å²) in [5.74, 6) is -0.143. The lowest BCUT2D eigenvalue weighted by Crippen LogP contribution is -2.38. The molecule has 8 nitrogen and oxygen atoms in total. The van der Waals surface area contributed by atoms with Gasteiger partial charge in [-0.1, -0.05) is 19.1 Å². The van der Waals surface area contributed by atoms with E-state index in [2.05, 4.69) is 4.90 Å². The van der Waals surface area contributed by atoms with Gasteiger partial charge in [0.25, 0.3) is 11.7 Å². The number of carbonyl (C=O) groups excluding carboxylic acids is 2. The maximum Gasteiger partial charge on any atom is 0.295 e. The second kappa shape index (κ2) is 12.9. The highest BCUT2D eigenvalue weighted by Crippen LogP contribution is 2.40. The van der Waals surface area contributed by atoms with Gasteiger partial charge in [0.1, 0.15) is 17.3 Å². The lowest BCUT2D eigenvalue weighted by molar-refractivity contribution is -0.140. The molecule has 1 atom stereocenters. The predicted octanol–water partition coefficient (Wildman–Crippen LogP) is 4.41. The van der Waals surface area contributed by atoms with Crippen molar-refractivity contribution in [1.29, 1.82) is 0 Å². The minimum absolute atomic E-state index is 0.0134. The molecule has 0 saturated carbocycles. The third-order valence-electron chi connectivity index (χ3n) is 6.66. The van der Waals surface area contributed by atoms with Crippen molar-refractivity contribution in [1.82, 2.24) is 9.80 Å². The van der Waals surface area contributed by atoms with Gasteiger partial charge in [0.05, 0.1) is 37.5 Å². The van der Waals surface area contributed by atoms with Crippen LogP contribution in [0.15, 0.2) is 54.1 Å². The number of aliphatic hydroxyl groups excluding tert-OH is 1. The molecule has 2 aliphatic rings. The van der Waals surface area contributed by atoms with Crippen LogP contribution in [0.5, 0.6) is 11.5 Å². The number of hydrogen-bond donors (Lipinski definition) is 1. The van der Waals surface area contributed by atoms with Gasteiger partial charge in [-0.15, -0.1) is 0 Å². The number of amides is 1. The van der Waals surface area contributed by atoms with Gasteiger partial charge in [0.2, 0.25) is 0 Å². The number of aliphatic hydroxyl groups is 1. The van der Waals surface area contributed by atoms with E-state index in [4.69, 9.17) is 14.2 Å². The normalized spacial score (nSPS) is 19.8. The fourth-order valence-electron chi connectivity index (χ4n) is 4.86. The zero-order valence-corrected chi connectivity index (χ0v) is 22.5. The third-order valence-corrected chi connectivity index (χ3v) is 6.66. The molecule has 2 aromatic rings. The highest BCUT2D eigenvalue weighted by molar-refractivity contribution is 6.46. The SMILES string of the molecule is CCCOc1cccc([C@@H]2/C(=C(\O)c3ccc(OC(C)C)cc3)C(=O)C(=O)N2CCCN2CCOCC2)c1. The summed E-state index contributed by atoms with van der Waals surface area (Å²) in [5.41, 5.74) is 1.27. The molecule has 2 heterocycles. The van der Waals surface area contributed by atoms with Crippen molar-refractivity contribution in [2.45, 2.75) is 45.8 Å². The zero-order chi connectivity index (χ0) is 27.1. The second-order valence-electron chi connectivity index (χ2n) is 9.91. The molecule has 0 aliphatic carbocycles. The van der Waals surface area contributed by atoms with Gasteiger partial charge in [-0.25, -0.2) is 0 Å². The number of benzene rings is 2. The smallest absolute Gasteiger partial charge is 0.295 e. The summed E-state index contributed by atoms with van der Waals surface area (Å²) in [6, 6.07) is 13.6. The molecule has 1 amide bonds. The van der Waals surface area contributed by atoms with Crippen LogP contribution in [0.2, 0.25) is 0 Å². The predicted molar refractivity (Wildman–Crippen MR) is 145 cm³/mol. The Morgan fingerprint density at radius 1 is 1.05 bits per heavy atom. The lowest BCUT2D eigenvalue weighted by Gasteiger charge is -2.29. The van der Waals surface area contributed by atoms with Gasteiger partial charge >= 0.3 is 0 Å². The Morgan fingerprint density at radius 3 is 2.47 bits per heavy atom. The molecular weight excluding hydrogens is 484 g/mol. The Bertz CT molecular complexity index is 1140. The van der Waals surface area contributed by atoms with Crippen LogP contribution in [0, 0.1) is 0 Å². The molecule has 2 aromatic carbocycles. The summed E-state index contributed by atoms with van der Waals surface area (Å²) in [4.78, 5) is 30.5. The largest absolute Gasteiger partial charge is 0.507 e. The van der Waals surface area contributed by atoms with Crippen LogP contribution < -0.4 is 9.47 Å². The number of carbonyl (C=O) groups is 2. The highest BCUT2D eigenvalue weighted by atomic mass is 16.5. The van der Waals surface area contributed by atoms with E-state index >= 15 is 0 Å². The van der Waals surface area contributed by atoms with Gasteiger partial charge in [0, 0.05) is 31.7 Å². The lowest BCUT2D eigenvalue weighted by atomic mass is 9.95. The number of Topliss-reactive ketones (excluding diaryl/α,β-unsaturated/α-hetero) is 1. The van der Waals surface area contributed by atoms with E-state index in [1.807, 2.05) is 45.0 Å². The summed E-state index contributed by atoms with van der Waals surface area (Å²) in [7, 11) is 0. The van der Waals surface area contributed by atoms with Gasteiger partial charge in [0.15, 0.2) is 0 Å². The van der Waals surface area contributed by atoms with Crippen LogP contribution >= 0.6 is 0 Å². The number of morpholine rings is 1. The molecule has 38 heavy (non-hydrogen) atoms. The molecule has 204 valence electrons. The van der Waals surface area contributed by atoms with Crippen molar-refractivity contribution < 1.29 is 28.9 Å². The number of ether oxygens (including phenoxy) is 3. The van der Waals surface area contributed by atoms with Crippen LogP contribution in [-0.2, 0) is 14.3 Å². The molecule has 0 aromatic heterocycles. The Balaban J connectivity index is 1.66. The summed E-state index contributed by atoms with van der Waals surface area (Å²) in [6.45, 7) is 10.8. The Hall–Kier alpha value is -3.36. The highest BCUT2D eigenvalue weighted by Gasteiger charge is 2.46. The maximum absolute atomic E-state index is 13.4. The van der Waals surface area contributed by atoms with E-state index in [-0.39, 0.29) is 17.4 Å². The molecule has 2 fully saturated rings. The number of likely N-dealkylation sites (tertiary alicyclic amines) is 1. The zero-order valence-electron chi connectivity index (χ0n) is 22.5. The van der Waals surface area contributed by atoms with Gasteiger partial charge < -0.3 is 24.2 Å². The van der Waals surface area contributed by atoms with E-state index in [1.165, 1.54) is 0 Å². The second-order valence-corrected chi connectivity index (χ2v) is 9.91. The van der Waals surface area contributed by atoms with Crippen LogP contribution in [0.25, 0.3) is 5.76 Å². The van der Waals surface area contributed by atoms with Crippen molar-refractivity contribution in [3.8, 4) is 11.5 Å². The summed E-state index contributed by atoms with van der Waals surface area (Å²) in [5, 5.41) is 11.4. The molecule has 0 spiro atoms. The monoisotopic (exact) mass is 522 g/mol. The van der Waals surface area contributed by atoms with Crippen LogP contribution in [0.3, 0.4) is 0 Å². The molecule has 2 aliphatic heterocycles. The van der Waals surface area contributed by atoms with Crippen LogP contribution in [0.1, 0.15) is 50.8 Å². The topological polar surface area (TPSA) is 88.5 Å². The summed E-state index contributed by atoms with van der Waals surface area (Å²) >= 11 is 0. The van der Waals surface area contributed by atoms with Crippen LogP contribution in [-0.4, -0.2) is 78.7 Å². The summed E-state index contributed by atoms with van der Waals surface area (Å²) in [6.07, 6.45) is 1.58. The van der Waals surface area contributed by atoms with E-state index in [0.29, 0.717) is 49.8 Å². The molecule has 0 bridgehead atoms. The van der Waals surface area contributed by atoms with Crippen molar-refractivity contribution >= 4 is 17.4 Å². The van der Waals surface area contributed by atoms with Crippen LogP contribution in [0.4, 0.5) is 0 Å². The van der Waals surface area contributed by atoms with Gasteiger partial charge in [-0.3, -0.25) is 14.5 Å². The van der Waals surface area contributed by atoms with E-state index in [0.717, 1.165) is 31.6 Å². The van der Waals surface area contributed by atoms with E-state index in [9.17, 15) is 14.7 Å².